The minimum absolute atomic E-state index is 0.0432. The van der Waals surface area contributed by atoms with Crippen LogP contribution in [0.5, 0.6) is 5.88 Å². The molecular weight excluding hydrogens is 232 g/mol. The van der Waals surface area contributed by atoms with Crippen molar-refractivity contribution >= 4 is 5.91 Å². The van der Waals surface area contributed by atoms with Crippen LogP contribution in [-0.4, -0.2) is 27.8 Å². The van der Waals surface area contributed by atoms with Crippen LogP contribution in [-0.2, 0) is 7.05 Å². The van der Waals surface area contributed by atoms with Crippen LogP contribution >= 0.6 is 0 Å². The summed E-state index contributed by atoms with van der Waals surface area (Å²) in [5.41, 5.74) is 12.3. The van der Waals surface area contributed by atoms with Crippen molar-refractivity contribution in [2.24, 2.45) is 18.5 Å². The molecule has 1 fully saturated rings. The monoisotopic (exact) mass is 252 g/mol. The van der Waals surface area contributed by atoms with Gasteiger partial charge in [0.25, 0.3) is 5.91 Å². The number of rotatable bonds is 3. The van der Waals surface area contributed by atoms with Crippen LogP contribution in [0.1, 0.15) is 41.7 Å². The molecule has 4 N–H and O–H groups in total. The van der Waals surface area contributed by atoms with Crippen molar-refractivity contribution in [3.63, 3.8) is 0 Å². The standard InChI is InChI=1S/C12H20N4O2/c1-7-10(11(14)17)12(16(2)15-7)18-9-5-3-4-8(13)6-9/h8-9H,3-6,13H2,1-2H3,(H2,14,17). The molecule has 0 saturated heterocycles. The third-order valence-corrected chi connectivity index (χ3v) is 3.36. The molecule has 1 saturated carbocycles. The number of amides is 1. The highest BCUT2D eigenvalue weighted by atomic mass is 16.5. The Bertz CT molecular complexity index is 455. The second kappa shape index (κ2) is 4.97. The van der Waals surface area contributed by atoms with Crippen molar-refractivity contribution < 1.29 is 9.53 Å². The van der Waals surface area contributed by atoms with Gasteiger partial charge in [-0.3, -0.25) is 4.79 Å². The van der Waals surface area contributed by atoms with Gasteiger partial charge in [-0.1, -0.05) is 0 Å². The number of hydrogen-bond acceptors (Lipinski definition) is 4. The Labute approximate surface area is 106 Å². The molecule has 0 spiro atoms. The van der Waals surface area contributed by atoms with Crippen molar-refractivity contribution in [3.8, 4) is 5.88 Å². The summed E-state index contributed by atoms with van der Waals surface area (Å²) in [6.07, 6.45) is 3.89. The summed E-state index contributed by atoms with van der Waals surface area (Å²) >= 11 is 0. The molecular formula is C12H20N4O2. The number of hydrogen-bond donors (Lipinski definition) is 2. The lowest BCUT2D eigenvalue weighted by atomic mass is 9.93. The summed E-state index contributed by atoms with van der Waals surface area (Å²) in [6, 6.07) is 0.176. The fraction of sp³-hybridized carbons (Fsp3) is 0.667. The van der Waals surface area contributed by atoms with Gasteiger partial charge in [0.15, 0.2) is 0 Å². The van der Waals surface area contributed by atoms with Crippen molar-refractivity contribution in [1.82, 2.24) is 9.78 Å². The maximum atomic E-state index is 11.4. The summed E-state index contributed by atoms with van der Waals surface area (Å²) in [5.74, 6) is -0.0465. The average Bonchev–Trinajstić information content (AvgIpc) is 2.53. The van der Waals surface area contributed by atoms with Crippen molar-refractivity contribution in [3.05, 3.63) is 11.3 Å². The van der Waals surface area contributed by atoms with Crippen molar-refractivity contribution in [2.45, 2.75) is 44.8 Å². The zero-order chi connectivity index (χ0) is 13.3. The van der Waals surface area contributed by atoms with Gasteiger partial charge in [0, 0.05) is 13.1 Å². The Morgan fingerprint density at radius 1 is 1.50 bits per heavy atom. The van der Waals surface area contributed by atoms with Gasteiger partial charge in [0.2, 0.25) is 5.88 Å². The summed E-state index contributed by atoms with van der Waals surface area (Å²) in [5, 5.41) is 4.18. The first kappa shape index (κ1) is 12.9. The number of primary amides is 1. The van der Waals surface area contributed by atoms with E-state index in [-0.39, 0.29) is 12.1 Å². The highest BCUT2D eigenvalue weighted by Crippen LogP contribution is 2.26. The summed E-state index contributed by atoms with van der Waals surface area (Å²) in [6.45, 7) is 1.75. The Kier molecular flexibility index (Phi) is 3.56. The second-order valence-electron chi connectivity index (χ2n) is 4.92. The maximum Gasteiger partial charge on any atom is 0.256 e. The van der Waals surface area contributed by atoms with Gasteiger partial charge in [-0.25, -0.2) is 4.68 Å². The van der Waals surface area contributed by atoms with Gasteiger partial charge in [0.1, 0.15) is 11.7 Å². The van der Waals surface area contributed by atoms with Crippen LogP contribution in [0.2, 0.25) is 0 Å². The number of nitrogens with two attached hydrogens (primary N) is 2. The van der Waals surface area contributed by atoms with E-state index in [1.54, 1.807) is 18.7 Å². The van der Waals surface area contributed by atoms with E-state index in [1.165, 1.54) is 0 Å². The first-order valence-corrected chi connectivity index (χ1v) is 6.24. The molecule has 2 rings (SSSR count). The molecule has 6 heteroatoms. The number of aryl methyl sites for hydroxylation is 2. The second-order valence-corrected chi connectivity index (χ2v) is 4.92. The van der Waals surface area contributed by atoms with Crippen molar-refractivity contribution in [2.75, 3.05) is 0 Å². The molecule has 1 aromatic rings. The molecule has 0 aliphatic heterocycles. The van der Waals surface area contributed by atoms with Crippen LogP contribution in [0.3, 0.4) is 0 Å². The first-order chi connectivity index (χ1) is 8.49. The van der Waals surface area contributed by atoms with Crippen LogP contribution in [0, 0.1) is 6.92 Å². The quantitative estimate of drug-likeness (QED) is 0.817. The van der Waals surface area contributed by atoms with Gasteiger partial charge < -0.3 is 16.2 Å². The normalized spacial score (nSPS) is 23.9. The lowest BCUT2D eigenvalue weighted by Gasteiger charge is -2.27. The Hall–Kier alpha value is -1.56. The molecule has 2 unspecified atom stereocenters. The number of aromatic nitrogens is 2. The molecule has 1 heterocycles. The zero-order valence-corrected chi connectivity index (χ0v) is 10.8. The summed E-state index contributed by atoms with van der Waals surface area (Å²) in [7, 11) is 1.75. The van der Waals surface area contributed by atoms with Crippen LogP contribution < -0.4 is 16.2 Å². The number of nitrogens with zero attached hydrogens (tertiary/aromatic N) is 2. The fourth-order valence-corrected chi connectivity index (χ4v) is 2.50. The molecule has 0 radical (unpaired) electrons. The van der Waals surface area contributed by atoms with E-state index in [4.69, 9.17) is 16.2 Å². The number of carbonyl (C=O) groups excluding carboxylic acids is 1. The van der Waals surface area contributed by atoms with Gasteiger partial charge >= 0.3 is 0 Å². The van der Waals surface area contributed by atoms with E-state index < -0.39 is 5.91 Å². The van der Waals surface area contributed by atoms with E-state index in [2.05, 4.69) is 5.10 Å². The molecule has 1 aliphatic rings. The van der Waals surface area contributed by atoms with E-state index in [9.17, 15) is 4.79 Å². The molecule has 0 bridgehead atoms. The molecule has 6 nitrogen and oxygen atoms in total. The first-order valence-electron chi connectivity index (χ1n) is 6.24. The lowest BCUT2D eigenvalue weighted by Crippen LogP contribution is -2.34. The molecule has 18 heavy (non-hydrogen) atoms. The smallest absolute Gasteiger partial charge is 0.256 e. The Morgan fingerprint density at radius 3 is 2.83 bits per heavy atom. The Balaban J connectivity index is 2.20. The topological polar surface area (TPSA) is 96.2 Å². The highest BCUT2D eigenvalue weighted by Gasteiger charge is 2.25. The predicted molar refractivity (Wildman–Crippen MR) is 67.3 cm³/mol. The van der Waals surface area contributed by atoms with E-state index in [0.29, 0.717) is 17.1 Å². The highest BCUT2D eigenvalue weighted by molar-refractivity contribution is 5.96. The minimum atomic E-state index is -0.504. The third kappa shape index (κ3) is 2.48. The molecule has 0 aromatic carbocycles. The largest absolute Gasteiger partial charge is 0.474 e. The van der Waals surface area contributed by atoms with Crippen molar-refractivity contribution in [1.29, 1.82) is 0 Å². The van der Waals surface area contributed by atoms with E-state index in [0.717, 1.165) is 25.7 Å². The SMILES string of the molecule is Cc1nn(C)c(OC2CCCC(N)C2)c1C(N)=O. The molecule has 1 amide bonds. The fourth-order valence-electron chi connectivity index (χ4n) is 2.50. The number of ether oxygens (including phenoxy) is 1. The summed E-state index contributed by atoms with van der Waals surface area (Å²) in [4.78, 5) is 11.4. The van der Waals surface area contributed by atoms with Crippen LogP contribution in [0.4, 0.5) is 0 Å². The van der Waals surface area contributed by atoms with Gasteiger partial charge in [-0.15, -0.1) is 0 Å². The predicted octanol–water partition coefficient (Wildman–Crippen LogP) is 0.476. The molecule has 1 aromatic heterocycles. The van der Waals surface area contributed by atoms with Gasteiger partial charge in [0.05, 0.1) is 5.69 Å². The van der Waals surface area contributed by atoms with Gasteiger partial charge in [-0.05, 0) is 32.6 Å². The minimum Gasteiger partial charge on any atom is -0.474 e. The summed E-state index contributed by atoms with van der Waals surface area (Å²) < 4.78 is 7.45. The van der Waals surface area contributed by atoms with E-state index >= 15 is 0 Å². The third-order valence-electron chi connectivity index (χ3n) is 3.36. The zero-order valence-electron chi connectivity index (χ0n) is 10.8. The maximum absolute atomic E-state index is 11.4. The average molecular weight is 252 g/mol. The van der Waals surface area contributed by atoms with Crippen LogP contribution in [0.15, 0.2) is 0 Å². The molecule has 1 aliphatic carbocycles. The molecule has 100 valence electrons. The molecule has 2 atom stereocenters. The van der Waals surface area contributed by atoms with Gasteiger partial charge in [-0.2, -0.15) is 5.10 Å². The van der Waals surface area contributed by atoms with E-state index in [1.807, 2.05) is 0 Å². The number of carbonyl (C=O) groups is 1. The lowest BCUT2D eigenvalue weighted by molar-refractivity contribution is 0.0980. The Morgan fingerprint density at radius 2 is 2.22 bits per heavy atom. The van der Waals surface area contributed by atoms with Crippen LogP contribution in [0.25, 0.3) is 0 Å².